The van der Waals surface area contributed by atoms with Gasteiger partial charge in [-0.15, -0.1) is 11.3 Å². The van der Waals surface area contributed by atoms with Crippen molar-refractivity contribution in [1.82, 2.24) is 4.98 Å². The maximum Gasteiger partial charge on any atom is 0.271 e. The van der Waals surface area contributed by atoms with Crippen molar-refractivity contribution < 1.29 is 9.13 Å². The van der Waals surface area contributed by atoms with Crippen LogP contribution in [0.2, 0.25) is 0 Å². The number of benzene rings is 1. The van der Waals surface area contributed by atoms with Gasteiger partial charge < -0.3 is 0 Å². The first kappa shape index (κ1) is 10.2. The van der Waals surface area contributed by atoms with Crippen LogP contribution in [0.3, 0.4) is 0 Å². The Kier molecular flexibility index (Phi) is 2.49. The monoisotopic (exact) mass is 242 g/mol. The summed E-state index contributed by atoms with van der Waals surface area (Å²) in [5, 5.41) is 10.5. The van der Waals surface area contributed by atoms with E-state index in [0.717, 1.165) is 4.70 Å². The van der Waals surface area contributed by atoms with E-state index in [4.69, 9.17) is 0 Å². The van der Waals surface area contributed by atoms with E-state index in [9.17, 15) is 14.3 Å². The molecule has 1 aromatic heterocycles. The Hall–Kier alpha value is -1.34. The highest BCUT2D eigenvalue weighted by Gasteiger charge is 2.11. The molecule has 7 heteroatoms. The standard InChI is InChI=1S/C8H6N2O3S2/c1-15(13)8-9-6-4-5(10(11)12)2-3-7(6)14-8/h2-4H,1H3/t15-/m0/s1. The largest absolute Gasteiger partial charge is 0.271 e. The average molecular weight is 242 g/mol. The minimum absolute atomic E-state index is 0.00114. The maximum atomic E-state index is 11.2. The van der Waals surface area contributed by atoms with Crippen molar-refractivity contribution in [2.45, 2.75) is 4.34 Å². The van der Waals surface area contributed by atoms with Gasteiger partial charge in [0.15, 0.2) is 4.34 Å². The smallest absolute Gasteiger partial charge is 0.258 e. The number of nitro groups is 1. The summed E-state index contributed by atoms with van der Waals surface area (Å²) in [6.07, 6.45) is 1.53. The van der Waals surface area contributed by atoms with Crippen molar-refractivity contribution >= 4 is 38.0 Å². The van der Waals surface area contributed by atoms with Crippen molar-refractivity contribution in [3.63, 3.8) is 0 Å². The Morgan fingerprint density at radius 2 is 2.27 bits per heavy atom. The predicted molar refractivity (Wildman–Crippen MR) is 58.6 cm³/mol. The molecule has 0 saturated heterocycles. The zero-order valence-corrected chi connectivity index (χ0v) is 9.30. The van der Waals surface area contributed by atoms with E-state index in [2.05, 4.69) is 4.98 Å². The zero-order chi connectivity index (χ0) is 11.0. The number of nitro benzene ring substituents is 1. The van der Waals surface area contributed by atoms with E-state index in [1.165, 1.54) is 29.7 Å². The molecule has 2 aromatic rings. The summed E-state index contributed by atoms with van der Waals surface area (Å²) in [6, 6.07) is 4.44. The number of hydrogen-bond donors (Lipinski definition) is 0. The van der Waals surface area contributed by atoms with Crippen LogP contribution in [0, 0.1) is 10.1 Å². The van der Waals surface area contributed by atoms with Gasteiger partial charge in [-0.05, 0) is 6.07 Å². The molecule has 1 aromatic carbocycles. The van der Waals surface area contributed by atoms with Gasteiger partial charge >= 0.3 is 0 Å². The first-order valence-corrected chi connectivity index (χ1v) is 6.34. The minimum Gasteiger partial charge on any atom is -0.258 e. The van der Waals surface area contributed by atoms with E-state index in [1.807, 2.05) is 0 Å². The second-order valence-corrected chi connectivity index (χ2v) is 5.43. The second kappa shape index (κ2) is 3.67. The molecule has 0 saturated carbocycles. The van der Waals surface area contributed by atoms with Crippen LogP contribution in [-0.4, -0.2) is 20.4 Å². The van der Waals surface area contributed by atoms with Crippen LogP contribution >= 0.6 is 11.3 Å². The summed E-state index contributed by atoms with van der Waals surface area (Å²) in [4.78, 5) is 14.1. The van der Waals surface area contributed by atoms with Gasteiger partial charge in [-0.1, -0.05) is 0 Å². The number of rotatable bonds is 2. The molecular weight excluding hydrogens is 236 g/mol. The fraction of sp³-hybridized carbons (Fsp3) is 0.125. The van der Waals surface area contributed by atoms with Gasteiger partial charge in [-0.3, -0.25) is 14.3 Å². The number of fused-ring (bicyclic) bond motifs is 1. The third-order valence-corrected chi connectivity index (χ3v) is 4.18. The fourth-order valence-corrected chi connectivity index (χ4v) is 2.77. The van der Waals surface area contributed by atoms with Crippen molar-refractivity contribution in [3.8, 4) is 0 Å². The minimum atomic E-state index is -1.14. The number of nitrogens with zero attached hydrogens (tertiary/aromatic N) is 2. The number of hydrogen-bond acceptors (Lipinski definition) is 5. The lowest BCUT2D eigenvalue weighted by atomic mass is 10.3. The highest BCUT2D eigenvalue weighted by atomic mass is 32.2. The van der Waals surface area contributed by atoms with E-state index in [-0.39, 0.29) is 5.69 Å². The zero-order valence-electron chi connectivity index (χ0n) is 7.67. The van der Waals surface area contributed by atoms with Crippen molar-refractivity contribution in [2.24, 2.45) is 0 Å². The molecule has 0 amide bonds. The first-order valence-electron chi connectivity index (χ1n) is 3.96. The van der Waals surface area contributed by atoms with Crippen molar-refractivity contribution in [3.05, 3.63) is 28.3 Å². The quantitative estimate of drug-likeness (QED) is 0.596. The molecule has 0 aliphatic rings. The molecule has 0 fully saturated rings. The molecule has 78 valence electrons. The lowest BCUT2D eigenvalue weighted by molar-refractivity contribution is -0.384. The molecule has 0 N–H and O–H groups in total. The van der Waals surface area contributed by atoms with Crippen LogP contribution in [0.15, 0.2) is 22.5 Å². The SMILES string of the molecule is C[S@](=O)c1nc2cc([N+](=O)[O-])ccc2s1. The fourth-order valence-electron chi connectivity index (χ4n) is 1.13. The van der Waals surface area contributed by atoms with E-state index in [0.29, 0.717) is 9.86 Å². The van der Waals surface area contributed by atoms with Crippen LogP contribution < -0.4 is 0 Å². The molecule has 0 spiro atoms. The summed E-state index contributed by atoms with van der Waals surface area (Å²) < 4.78 is 12.5. The third kappa shape index (κ3) is 1.88. The summed E-state index contributed by atoms with van der Waals surface area (Å²) in [6.45, 7) is 0. The van der Waals surface area contributed by atoms with Crippen molar-refractivity contribution in [2.75, 3.05) is 6.26 Å². The number of non-ortho nitro benzene ring substituents is 1. The second-order valence-electron chi connectivity index (χ2n) is 2.84. The molecule has 1 atom stereocenters. The van der Waals surface area contributed by atoms with Gasteiger partial charge in [0.05, 0.1) is 25.9 Å². The summed E-state index contributed by atoms with van der Waals surface area (Å²) in [5.74, 6) is 0. The number of thiazole rings is 1. The normalized spacial score (nSPS) is 12.9. The van der Waals surface area contributed by atoms with Crippen molar-refractivity contribution in [1.29, 1.82) is 0 Å². The Labute approximate surface area is 91.4 Å². The number of aromatic nitrogens is 1. The summed E-state index contributed by atoms with van der Waals surface area (Å²) in [5.41, 5.74) is 0.528. The van der Waals surface area contributed by atoms with Gasteiger partial charge in [0.25, 0.3) is 5.69 Å². The molecule has 0 radical (unpaired) electrons. The summed E-state index contributed by atoms with van der Waals surface area (Å²) >= 11 is 1.29. The lowest BCUT2D eigenvalue weighted by Crippen LogP contribution is -1.87. The molecule has 2 rings (SSSR count). The Morgan fingerprint density at radius 1 is 1.53 bits per heavy atom. The molecule has 1 heterocycles. The third-order valence-electron chi connectivity index (χ3n) is 1.81. The first-order chi connectivity index (χ1) is 7.08. The molecule has 0 bridgehead atoms. The topological polar surface area (TPSA) is 73.1 Å². The van der Waals surface area contributed by atoms with E-state index < -0.39 is 15.7 Å². The molecule has 5 nitrogen and oxygen atoms in total. The van der Waals surface area contributed by atoms with E-state index >= 15 is 0 Å². The van der Waals surface area contributed by atoms with Gasteiger partial charge in [0, 0.05) is 18.4 Å². The highest BCUT2D eigenvalue weighted by Crippen LogP contribution is 2.27. The average Bonchev–Trinajstić information content (AvgIpc) is 2.59. The molecule has 0 aliphatic heterocycles. The van der Waals surface area contributed by atoms with Gasteiger partial charge in [0.1, 0.15) is 0 Å². The molecular formula is C8H6N2O3S2. The Bertz CT molecular complexity index is 552. The van der Waals surface area contributed by atoms with Crippen LogP contribution in [-0.2, 0) is 10.8 Å². The molecule has 0 aliphatic carbocycles. The highest BCUT2D eigenvalue weighted by molar-refractivity contribution is 7.86. The van der Waals surface area contributed by atoms with Crippen LogP contribution in [0.1, 0.15) is 0 Å². The Balaban J connectivity index is 2.62. The maximum absolute atomic E-state index is 11.2. The molecule has 0 unspecified atom stereocenters. The van der Waals surface area contributed by atoms with Crippen LogP contribution in [0.25, 0.3) is 10.2 Å². The van der Waals surface area contributed by atoms with Crippen LogP contribution in [0.4, 0.5) is 5.69 Å². The predicted octanol–water partition coefficient (Wildman–Crippen LogP) is 1.94. The summed E-state index contributed by atoms with van der Waals surface area (Å²) in [7, 11) is -1.14. The van der Waals surface area contributed by atoms with Gasteiger partial charge in [0.2, 0.25) is 0 Å². The van der Waals surface area contributed by atoms with E-state index in [1.54, 1.807) is 6.07 Å². The van der Waals surface area contributed by atoms with Gasteiger partial charge in [-0.25, -0.2) is 4.98 Å². The van der Waals surface area contributed by atoms with Crippen LogP contribution in [0.5, 0.6) is 0 Å². The molecule has 15 heavy (non-hydrogen) atoms. The van der Waals surface area contributed by atoms with Gasteiger partial charge in [-0.2, -0.15) is 0 Å². The Morgan fingerprint density at radius 3 is 2.87 bits per heavy atom. The lowest BCUT2D eigenvalue weighted by Gasteiger charge is -1.88.